The Kier molecular flexibility index (Phi) is 8.42. The number of rotatable bonds is 6. The van der Waals surface area contributed by atoms with Crippen molar-refractivity contribution in [3.8, 4) is 67.1 Å². The van der Waals surface area contributed by atoms with Gasteiger partial charge in [0.1, 0.15) is 11.5 Å². The molecule has 0 fully saturated rings. The summed E-state index contributed by atoms with van der Waals surface area (Å²) in [6.07, 6.45) is 8.39. The maximum Gasteiger partial charge on any atom is 0.123 e. The average molecular weight is 737 g/mol. The molecule has 0 atom stereocenters. The Bertz CT molecular complexity index is 3040. The second-order valence-electron chi connectivity index (χ2n) is 14.0. The molecule has 5 aromatic carbocycles. The molecule has 0 saturated heterocycles. The highest BCUT2D eigenvalue weighted by atomic mass is 16.5. The molecule has 0 unspecified atom stereocenters. The lowest BCUT2D eigenvalue weighted by Crippen LogP contribution is -1.90. The van der Waals surface area contributed by atoms with E-state index in [0.717, 1.165) is 94.9 Å². The summed E-state index contributed by atoms with van der Waals surface area (Å²) in [6, 6.07) is 53.2. The standard InChI is InChI=1S/C51H36N4O2/c1-57-36-22-29-46(56)37(30-36)38-31-45-49(34-18-10-4-11-19-34)43-26-25-41(53-43)47(32-14-6-2-7-15-32)39-23-24-40(52-39)48(33-16-8-3-9-17-33)42-27-28-44(54-42)50(51(38)55-45)35-20-12-5-13-21-35/h2-31,52,55-56H,1H3. The van der Waals surface area contributed by atoms with Crippen LogP contribution >= 0.6 is 0 Å². The zero-order valence-corrected chi connectivity index (χ0v) is 31.1. The fraction of sp³-hybridized carbons (Fsp3) is 0.0196. The van der Waals surface area contributed by atoms with E-state index in [1.807, 2.05) is 54.6 Å². The van der Waals surface area contributed by atoms with E-state index in [0.29, 0.717) is 11.3 Å². The van der Waals surface area contributed by atoms with Crippen molar-refractivity contribution in [2.24, 2.45) is 0 Å². The number of phenols is 1. The number of benzene rings is 5. The monoisotopic (exact) mass is 736 g/mol. The Labute approximate surface area is 329 Å². The van der Waals surface area contributed by atoms with Gasteiger partial charge in [-0.15, -0.1) is 0 Å². The van der Waals surface area contributed by atoms with Crippen molar-refractivity contribution in [2.75, 3.05) is 7.11 Å². The van der Waals surface area contributed by atoms with Crippen molar-refractivity contribution >= 4 is 46.4 Å². The lowest BCUT2D eigenvalue weighted by molar-refractivity contribution is 0.412. The number of ether oxygens (including phenoxy) is 1. The van der Waals surface area contributed by atoms with Crippen LogP contribution in [0, 0.1) is 0 Å². The summed E-state index contributed by atoms with van der Waals surface area (Å²) in [5.41, 5.74) is 16.1. The van der Waals surface area contributed by atoms with E-state index >= 15 is 0 Å². The Morgan fingerprint density at radius 1 is 0.421 bits per heavy atom. The number of H-pyrrole nitrogens is 2. The normalized spacial score (nSPS) is 11.9. The molecular formula is C51H36N4O2. The molecule has 0 spiro atoms. The molecule has 0 aliphatic carbocycles. The van der Waals surface area contributed by atoms with Crippen molar-refractivity contribution in [3.05, 3.63) is 181 Å². The van der Waals surface area contributed by atoms with Crippen LogP contribution in [0.15, 0.2) is 158 Å². The van der Waals surface area contributed by atoms with Gasteiger partial charge < -0.3 is 19.8 Å². The molecule has 2 aliphatic rings. The van der Waals surface area contributed by atoms with Gasteiger partial charge in [-0.2, -0.15) is 0 Å². The molecule has 8 bridgehead atoms. The first kappa shape index (κ1) is 33.8. The zero-order valence-electron chi connectivity index (χ0n) is 31.1. The van der Waals surface area contributed by atoms with Gasteiger partial charge in [0, 0.05) is 49.9 Å². The van der Waals surface area contributed by atoms with Gasteiger partial charge in [-0.3, -0.25) is 0 Å². The summed E-state index contributed by atoms with van der Waals surface area (Å²) >= 11 is 0. The number of methoxy groups -OCH3 is 1. The van der Waals surface area contributed by atoms with Crippen molar-refractivity contribution in [3.63, 3.8) is 0 Å². The quantitative estimate of drug-likeness (QED) is 0.159. The Morgan fingerprint density at radius 3 is 1.30 bits per heavy atom. The summed E-state index contributed by atoms with van der Waals surface area (Å²) < 4.78 is 5.69. The number of aromatic amines is 2. The summed E-state index contributed by atoms with van der Waals surface area (Å²) in [4.78, 5) is 18.6. The van der Waals surface area contributed by atoms with E-state index in [2.05, 4.69) is 125 Å². The predicted molar refractivity (Wildman–Crippen MR) is 234 cm³/mol. The highest BCUT2D eigenvalue weighted by Crippen LogP contribution is 2.44. The number of aromatic nitrogens is 4. The summed E-state index contributed by atoms with van der Waals surface area (Å²) in [5, 5.41) is 11.6. The first-order chi connectivity index (χ1) is 28.1. The highest BCUT2D eigenvalue weighted by molar-refractivity contribution is 6.05. The van der Waals surface area contributed by atoms with Crippen LogP contribution in [0.3, 0.4) is 0 Å². The number of nitrogens with zero attached hydrogens (tertiary/aromatic N) is 2. The number of nitrogens with one attached hydrogen (secondary N) is 2. The van der Waals surface area contributed by atoms with Crippen LogP contribution in [0.25, 0.3) is 102 Å². The predicted octanol–water partition coefficient (Wildman–Crippen LogP) is 12.7. The number of aromatic hydroxyl groups is 1. The van der Waals surface area contributed by atoms with Crippen LogP contribution in [0.1, 0.15) is 22.8 Å². The van der Waals surface area contributed by atoms with Crippen LogP contribution in [0.4, 0.5) is 0 Å². The Hall–Kier alpha value is -7.70. The number of phenolic OH excluding ortho intramolecular Hbond substituents is 1. The summed E-state index contributed by atoms with van der Waals surface area (Å²) in [7, 11) is 1.64. The maximum absolute atomic E-state index is 11.6. The molecule has 0 radical (unpaired) electrons. The van der Waals surface area contributed by atoms with Crippen molar-refractivity contribution in [2.45, 2.75) is 0 Å². The molecule has 0 amide bonds. The van der Waals surface area contributed by atoms with Crippen LogP contribution < -0.4 is 4.74 Å². The fourth-order valence-corrected chi connectivity index (χ4v) is 7.99. The molecule has 5 heterocycles. The second-order valence-corrected chi connectivity index (χ2v) is 14.0. The van der Waals surface area contributed by atoms with Crippen LogP contribution in [-0.2, 0) is 0 Å². The largest absolute Gasteiger partial charge is 0.507 e. The topological polar surface area (TPSA) is 86.8 Å². The first-order valence-corrected chi connectivity index (χ1v) is 18.9. The fourth-order valence-electron chi connectivity index (χ4n) is 7.99. The molecular weight excluding hydrogens is 701 g/mol. The molecule has 6 nitrogen and oxygen atoms in total. The van der Waals surface area contributed by atoms with E-state index in [4.69, 9.17) is 14.7 Å². The van der Waals surface area contributed by atoms with Gasteiger partial charge in [0.2, 0.25) is 0 Å². The van der Waals surface area contributed by atoms with E-state index in [9.17, 15) is 5.11 Å². The van der Waals surface area contributed by atoms with Crippen LogP contribution in [-0.4, -0.2) is 32.2 Å². The Morgan fingerprint density at radius 2 is 0.842 bits per heavy atom. The van der Waals surface area contributed by atoms with E-state index in [1.165, 1.54) is 0 Å². The van der Waals surface area contributed by atoms with E-state index in [-0.39, 0.29) is 5.75 Å². The first-order valence-electron chi connectivity index (χ1n) is 18.9. The molecule has 3 aromatic heterocycles. The third-order valence-corrected chi connectivity index (χ3v) is 10.6. The average Bonchev–Trinajstić information content (AvgIpc) is 4.10. The number of hydrogen-bond donors (Lipinski definition) is 3. The minimum Gasteiger partial charge on any atom is -0.507 e. The summed E-state index contributed by atoms with van der Waals surface area (Å²) in [5.74, 6) is 0.770. The van der Waals surface area contributed by atoms with Crippen molar-refractivity contribution < 1.29 is 9.84 Å². The molecule has 2 aliphatic heterocycles. The maximum atomic E-state index is 11.6. The third-order valence-electron chi connectivity index (χ3n) is 10.6. The third kappa shape index (κ3) is 6.10. The van der Waals surface area contributed by atoms with Gasteiger partial charge >= 0.3 is 0 Å². The van der Waals surface area contributed by atoms with Crippen LogP contribution in [0.5, 0.6) is 11.5 Å². The molecule has 0 saturated carbocycles. The van der Waals surface area contributed by atoms with Gasteiger partial charge in [0.15, 0.2) is 0 Å². The minimum absolute atomic E-state index is 0.135. The van der Waals surface area contributed by atoms with Crippen molar-refractivity contribution in [1.29, 1.82) is 0 Å². The van der Waals surface area contributed by atoms with E-state index in [1.54, 1.807) is 19.2 Å². The minimum atomic E-state index is 0.135. The Balaban J connectivity index is 1.46. The lowest BCUT2D eigenvalue weighted by Gasteiger charge is -2.09. The van der Waals surface area contributed by atoms with Gasteiger partial charge in [0.25, 0.3) is 0 Å². The van der Waals surface area contributed by atoms with Gasteiger partial charge in [-0.05, 0) is 83.0 Å². The smallest absolute Gasteiger partial charge is 0.123 e. The lowest BCUT2D eigenvalue weighted by atomic mass is 9.98. The molecule has 6 heteroatoms. The SMILES string of the molecule is COc1ccc(O)c(-c2cc3[nH]c2c(-c2ccccc2)c2nc(c(-c4ccccc4)c4ccc([nH]4)c(-c4ccccc4)c4nc(c3-c3ccccc3)C=C4)C=C2)c1. The molecule has 8 aromatic rings. The number of hydrogen-bond acceptors (Lipinski definition) is 4. The second kappa shape index (κ2) is 14.2. The highest BCUT2D eigenvalue weighted by Gasteiger charge is 2.22. The molecule has 57 heavy (non-hydrogen) atoms. The molecule has 272 valence electrons. The van der Waals surface area contributed by atoms with Crippen molar-refractivity contribution in [1.82, 2.24) is 19.9 Å². The summed E-state index contributed by atoms with van der Waals surface area (Å²) in [6.45, 7) is 0. The van der Waals surface area contributed by atoms with E-state index < -0.39 is 0 Å². The van der Waals surface area contributed by atoms with Gasteiger partial charge in [-0.25, -0.2) is 9.97 Å². The zero-order chi connectivity index (χ0) is 38.3. The molecule has 3 N–H and O–H groups in total. The van der Waals surface area contributed by atoms with Crippen LogP contribution in [0.2, 0.25) is 0 Å². The van der Waals surface area contributed by atoms with Gasteiger partial charge in [0.05, 0.1) is 35.4 Å². The number of fused-ring (bicyclic) bond motifs is 8. The molecule has 10 rings (SSSR count). The van der Waals surface area contributed by atoms with Gasteiger partial charge in [-0.1, -0.05) is 121 Å².